The normalized spacial score (nSPS) is 14.1. The van der Waals surface area contributed by atoms with E-state index >= 15 is 0 Å². The van der Waals surface area contributed by atoms with E-state index in [-0.39, 0.29) is 12.0 Å². The second-order valence-corrected chi connectivity index (χ2v) is 7.13. The number of rotatable bonds is 7. The molecule has 1 amide bonds. The molecule has 150 valence electrons. The lowest BCUT2D eigenvalue weighted by Gasteiger charge is -2.15. The molecule has 1 fully saturated rings. The van der Waals surface area contributed by atoms with E-state index in [9.17, 15) is 4.79 Å². The van der Waals surface area contributed by atoms with Crippen LogP contribution in [0.5, 0.6) is 5.88 Å². The maximum Gasteiger partial charge on any atom is 0.255 e. The molecule has 0 unspecified atom stereocenters. The zero-order chi connectivity index (χ0) is 20.1. The Hall–Kier alpha value is -3.22. The van der Waals surface area contributed by atoms with E-state index in [1.165, 1.54) is 12.8 Å². The second-order valence-electron chi connectivity index (χ2n) is 7.13. The first-order valence-electron chi connectivity index (χ1n) is 10.1. The predicted octanol–water partition coefficient (Wildman–Crippen LogP) is 3.48. The van der Waals surface area contributed by atoms with Crippen molar-refractivity contribution in [3.8, 4) is 11.7 Å². The lowest BCUT2D eigenvalue weighted by Crippen LogP contribution is -2.24. The van der Waals surface area contributed by atoms with Gasteiger partial charge in [-0.3, -0.25) is 4.79 Å². The molecule has 0 bridgehead atoms. The summed E-state index contributed by atoms with van der Waals surface area (Å²) in [4.78, 5) is 21.6. The van der Waals surface area contributed by atoms with E-state index in [2.05, 4.69) is 20.4 Å². The first kappa shape index (κ1) is 19.1. The highest BCUT2D eigenvalue weighted by Gasteiger charge is 2.20. The number of nitrogens with one attached hydrogen (secondary N) is 1. The topological polar surface area (TPSA) is 81.9 Å². The minimum Gasteiger partial charge on any atom is -0.474 e. The average Bonchev–Trinajstić information content (AvgIpc) is 3.43. The number of aromatic nitrogens is 4. The predicted molar refractivity (Wildman–Crippen MR) is 109 cm³/mol. The quantitative estimate of drug-likeness (QED) is 0.667. The van der Waals surface area contributed by atoms with E-state index in [0.29, 0.717) is 30.2 Å². The molecule has 1 N–H and O–H groups in total. The van der Waals surface area contributed by atoms with Gasteiger partial charge in [0.15, 0.2) is 5.82 Å². The Morgan fingerprint density at radius 1 is 1.17 bits per heavy atom. The highest BCUT2D eigenvalue weighted by molar-refractivity contribution is 5.95. The number of hydrogen-bond acceptors (Lipinski definition) is 5. The summed E-state index contributed by atoms with van der Waals surface area (Å²) in [6, 6.07) is 9.42. The molecule has 3 aromatic heterocycles. The molecule has 7 nitrogen and oxygen atoms in total. The Kier molecular flexibility index (Phi) is 5.84. The fraction of sp³-hybridized carbons (Fsp3) is 0.364. The van der Waals surface area contributed by atoms with Crippen molar-refractivity contribution in [3.63, 3.8) is 0 Å². The van der Waals surface area contributed by atoms with Gasteiger partial charge < -0.3 is 10.1 Å². The number of ether oxygens (including phenoxy) is 1. The van der Waals surface area contributed by atoms with Crippen molar-refractivity contribution in [1.82, 2.24) is 25.1 Å². The third kappa shape index (κ3) is 4.29. The van der Waals surface area contributed by atoms with Crippen molar-refractivity contribution in [2.24, 2.45) is 0 Å². The summed E-state index contributed by atoms with van der Waals surface area (Å²) in [5, 5.41) is 7.36. The van der Waals surface area contributed by atoms with Crippen LogP contribution in [0.15, 0.2) is 48.9 Å². The van der Waals surface area contributed by atoms with Crippen molar-refractivity contribution < 1.29 is 9.53 Å². The molecule has 1 saturated carbocycles. The number of hydrogen-bond donors (Lipinski definition) is 1. The summed E-state index contributed by atoms with van der Waals surface area (Å²) >= 11 is 0. The molecule has 3 aromatic rings. The van der Waals surface area contributed by atoms with Crippen LogP contribution in [0.25, 0.3) is 5.82 Å². The van der Waals surface area contributed by atoms with Crippen LogP contribution in [-0.2, 0) is 13.0 Å². The van der Waals surface area contributed by atoms with Crippen molar-refractivity contribution in [1.29, 1.82) is 0 Å². The van der Waals surface area contributed by atoms with Gasteiger partial charge in [-0.05, 0) is 50.3 Å². The third-order valence-corrected chi connectivity index (χ3v) is 5.18. The van der Waals surface area contributed by atoms with Gasteiger partial charge in [0, 0.05) is 24.5 Å². The van der Waals surface area contributed by atoms with Crippen molar-refractivity contribution in [3.05, 3.63) is 65.7 Å². The van der Waals surface area contributed by atoms with E-state index < -0.39 is 0 Å². The number of carbonyl (C=O) groups excluding carboxylic acids is 1. The van der Waals surface area contributed by atoms with Crippen LogP contribution < -0.4 is 10.1 Å². The highest BCUT2D eigenvalue weighted by atomic mass is 16.5. The molecule has 0 aliphatic heterocycles. The minimum absolute atomic E-state index is 0.167. The van der Waals surface area contributed by atoms with Gasteiger partial charge in [0.2, 0.25) is 5.88 Å². The zero-order valence-electron chi connectivity index (χ0n) is 16.5. The van der Waals surface area contributed by atoms with Crippen molar-refractivity contribution in [2.75, 3.05) is 0 Å². The van der Waals surface area contributed by atoms with Crippen molar-refractivity contribution >= 4 is 5.91 Å². The third-order valence-electron chi connectivity index (χ3n) is 5.18. The molecule has 0 aromatic carbocycles. The first-order chi connectivity index (χ1) is 14.3. The SMILES string of the molecule is CCc1c(C(=O)NCc2cccnc2OC2CCCC2)cnn1-c1ccccn1. The van der Waals surface area contributed by atoms with Crippen LogP contribution in [0.4, 0.5) is 0 Å². The fourth-order valence-corrected chi connectivity index (χ4v) is 3.68. The highest BCUT2D eigenvalue weighted by Crippen LogP contribution is 2.25. The van der Waals surface area contributed by atoms with Gasteiger partial charge in [-0.25, -0.2) is 14.6 Å². The van der Waals surface area contributed by atoms with Crippen LogP contribution in [0.1, 0.15) is 54.2 Å². The molecule has 3 heterocycles. The van der Waals surface area contributed by atoms with E-state index in [1.807, 2.05) is 37.3 Å². The van der Waals surface area contributed by atoms with Crippen LogP contribution in [0.2, 0.25) is 0 Å². The standard InChI is InChI=1S/C22H25N5O2/c1-2-19-18(15-26-27(19)20-11-5-6-12-23-20)21(28)25-14-16-8-7-13-24-22(16)29-17-9-3-4-10-17/h5-8,11-13,15,17H,2-4,9-10,14H2,1H3,(H,25,28). The van der Waals surface area contributed by atoms with E-state index in [1.54, 1.807) is 23.3 Å². The van der Waals surface area contributed by atoms with Gasteiger partial charge in [-0.1, -0.05) is 19.1 Å². The monoisotopic (exact) mass is 391 g/mol. The Bertz CT molecular complexity index is 964. The minimum atomic E-state index is -0.167. The van der Waals surface area contributed by atoms with Crippen LogP contribution in [0.3, 0.4) is 0 Å². The van der Waals surface area contributed by atoms with Crippen LogP contribution >= 0.6 is 0 Å². The number of nitrogens with zero attached hydrogens (tertiary/aromatic N) is 4. The molecular weight excluding hydrogens is 366 g/mol. The lowest BCUT2D eigenvalue weighted by molar-refractivity contribution is 0.0949. The van der Waals surface area contributed by atoms with Gasteiger partial charge in [-0.15, -0.1) is 0 Å². The van der Waals surface area contributed by atoms with Gasteiger partial charge in [0.05, 0.1) is 17.5 Å². The molecule has 0 spiro atoms. The van der Waals surface area contributed by atoms with Gasteiger partial charge >= 0.3 is 0 Å². The molecule has 1 aliphatic rings. The molecule has 0 saturated heterocycles. The lowest BCUT2D eigenvalue weighted by atomic mass is 10.2. The maximum atomic E-state index is 12.9. The molecule has 4 rings (SSSR count). The largest absolute Gasteiger partial charge is 0.474 e. The zero-order valence-corrected chi connectivity index (χ0v) is 16.5. The summed E-state index contributed by atoms with van der Waals surface area (Å²) in [5.41, 5.74) is 2.26. The first-order valence-corrected chi connectivity index (χ1v) is 10.1. The number of carbonyl (C=O) groups is 1. The molecule has 29 heavy (non-hydrogen) atoms. The molecular formula is C22H25N5O2. The maximum absolute atomic E-state index is 12.9. The Balaban J connectivity index is 1.48. The average molecular weight is 391 g/mol. The number of amides is 1. The van der Waals surface area contributed by atoms with Gasteiger partial charge in [-0.2, -0.15) is 5.10 Å². The Morgan fingerprint density at radius 2 is 2.00 bits per heavy atom. The summed E-state index contributed by atoms with van der Waals surface area (Å²) < 4.78 is 7.78. The Morgan fingerprint density at radius 3 is 2.76 bits per heavy atom. The molecule has 0 atom stereocenters. The van der Waals surface area contributed by atoms with Crippen LogP contribution in [0, 0.1) is 0 Å². The number of pyridine rings is 2. The Labute approximate surface area is 170 Å². The molecule has 1 aliphatic carbocycles. The fourth-order valence-electron chi connectivity index (χ4n) is 3.68. The van der Waals surface area contributed by atoms with Gasteiger partial charge in [0.25, 0.3) is 5.91 Å². The summed E-state index contributed by atoms with van der Waals surface area (Å²) in [7, 11) is 0. The smallest absolute Gasteiger partial charge is 0.255 e. The van der Waals surface area contributed by atoms with Crippen molar-refractivity contribution in [2.45, 2.75) is 51.7 Å². The van der Waals surface area contributed by atoms with Crippen LogP contribution in [-0.4, -0.2) is 31.8 Å². The van der Waals surface area contributed by atoms with Gasteiger partial charge in [0.1, 0.15) is 6.10 Å². The van der Waals surface area contributed by atoms with E-state index in [4.69, 9.17) is 4.74 Å². The molecule has 7 heteroatoms. The summed E-state index contributed by atoms with van der Waals surface area (Å²) in [5.74, 6) is 1.14. The van der Waals surface area contributed by atoms with E-state index in [0.717, 1.165) is 24.1 Å². The molecule has 0 radical (unpaired) electrons. The summed E-state index contributed by atoms with van der Waals surface area (Å²) in [6.07, 6.45) is 10.5. The summed E-state index contributed by atoms with van der Waals surface area (Å²) in [6.45, 7) is 2.36. The second kappa shape index (κ2) is 8.86.